The maximum atomic E-state index is 10.4. The third-order valence-electron chi connectivity index (χ3n) is 5.62. The first kappa shape index (κ1) is 25.9. The molecule has 35 heavy (non-hydrogen) atoms. The molecule has 2 aliphatic rings. The molecule has 2 aromatic rings. The third kappa shape index (κ3) is 4.92. The lowest BCUT2D eigenvalue weighted by Crippen LogP contribution is -2.72. The predicted molar refractivity (Wildman–Crippen MR) is 118 cm³/mol. The molecule has 14 heteroatoms. The lowest BCUT2D eigenvalue weighted by atomic mass is 10.1. The van der Waals surface area contributed by atoms with Crippen molar-refractivity contribution in [1.82, 2.24) is 9.80 Å². The second kappa shape index (κ2) is 9.04. The molecule has 0 unspecified atom stereocenters. The Labute approximate surface area is 203 Å². The summed E-state index contributed by atoms with van der Waals surface area (Å²) in [4.78, 5) is 9.37. The fourth-order valence-corrected chi connectivity index (χ4v) is 4.70. The number of hydrogen-bond acceptors (Lipinski definition) is 14. The molecular weight excluding hydrogens is 486 g/mol. The molecule has 9 N–H and O–H groups in total. The average molecular weight is 512 g/mol. The molecule has 0 aromatic heterocycles. The molecule has 0 bridgehead atoms. The van der Waals surface area contributed by atoms with Crippen LogP contribution in [0.15, 0.2) is 63.3 Å². The molecule has 2 heterocycles. The highest BCUT2D eigenvalue weighted by molar-refractivity contribution is 7.99. The van der Waals surface area contributed by atoms with Crippen LogP contribution in [0.2, 0.25) is 0 Å². The maximum Gasteiger partial charge on any atom is 0.369 e. The average Bonchev–Trinajstić information content (AvgIpc) is 2.94. The number of hydrogen-bond donors (Lipinski definition) is 9. The fourth-order valence-electron chi connectivity index (χ4n) is 3.68. The summed E-state index contributed by atoms with van der Waals surface area (Å²) in [6.45, 7) is -0.123. The zero-order valence-electron chi connectivity index (χ0n) is 18.1. The normalized spacial score (nSPS) is 18.0. The first-order valence-corrected chi connectivity index (χ1v) is 11.2. The minimum atomic E-state index is -4.39. The molecule has 0 spiro atoms. The summed E-state index contributed by atoms with van der Waals surface area (Å²) in [7, 11) is 0. The summed E-state index contributed by atoms with van der Waals surface area (Å²) in [6, 6.07) is 15.3. The smallest absolute Gasteiger partial charge is 0.353 e. The molecule has 0 amide bonds. The number of amidine groups is 1. The van der Waals surface area contributed by atoms with Crippen LogP contribution in [0.25, 0.3) is 0 Å². The number of nitrogens with zero attached hydrogens (tertiary/aromatic N) is 3. The summed E-state index contributed by atoms with van der Waals surface area (Å²) in [5.41, 5.74) is 1.62. The molecule has 0 aliphatic carbocycles. The van der Waals surface area contributed by atoms with E-state index in [1.165, 1.54) is 0 Å². The molecule has 4 rings (SSSR count). The van der Waals surface area contributed by atoms with Crippen LogP contribution in [0.1, 0.15) is 5.56 Å². The van der Waals surface area contributed by atoms with Crippen LogP contribution in [0.4, 0.5) is 5.69 Å². The second-order valence-electron chi connectivity index (χ2n) is 8.06. The highest BCUT2D eigenvalue weighted by Crippen LogP contribution is 2.40. The molecule has 1 fully saturated rings. The zero-order chi connectivity index (χ0) is 25.6. The molecular formula is C21H25N3O10S. The fraction of sp³-hybridized carbons (Fsp3) is 0.381. The van der Waals surface area contributed by atoms with Crippen molar-refractivity contribution >= 4 is 23.3 Å². The molecule has 190 valence electrons. The van der Waals surface area contributed by atoms with E-state index in [-0.39, 0.29) is 26.2 Å². The molecule has 13 nitrogen and oxygen atoms in total. The highest BCUT2D eigenvalue weighted by atomic mass is 32.2. The van der Waals surface area contributed by atoms with Gasteiger partial charge >= 0.3 is 23.8 Å². The Balaban J connectivity index is 1.55. The van der Waals surface area contributed by atoms with Gasteiger partial charge in [0.05, 0.1) is 5.69 Å². The van der Waals surface area contributed by atoms with Crippen LogP contribution in [0.5, 0.6) is 0 Å². The monoisotopic (exact) mass is 511 g/mol. The van der Waals surface area contributed by atoms with E-state index in [0.29, 0.717) is 5.84 Å². The third-order valence-corrected chi connectivity index (χ3v) is 6.76. The molecule has 2 aromatic carbocycles. The van der Waals surface area contributed by atoms with E-state index in [1.807, 2.05) is 53.4 Å². The van der Waals surface area contributed by atoms with E-state index in [9.17, 15) is 30.6 Å². The summed E-state index contributed by atoms with van der Waals surface area (Å²) in [5, 5.41) is 86.1. The van der Waals surface area contributed by atoms with Crippen LogP contribution in [-0.4, -0.2) is 112 Å². The van der Waals surface area contributed by atoms with Gasteiger partial charge in [-0.1, -0.05) is 42.1 Å². The standard InChI is InChI=1S/C21H25N3O10S/c25-18(26,20(30,31)34-21(32,33)19(27,28)29)24-11-9-23(10-12-24)17-13-5-1-3-7-15(13)35-16-8-4-2-6-14(16)22-17/h1-8,25-33H,9-12H2. The van der Waals surface area contributed by atoms with Gasteiger partial charge in [0.15, 0.2) is 0 Å². The van der Waals surface area contributed by atoms with Gasteiger partial charge in [-0.05, 0) is 18.2 Å². The lowest BCUT2D eigenvalue weighted by Gasteiger charge is -2.47. The predicted octanol–water partition coefficient (Wildman–Crippen LogP) is -2.59. The number of piperazine rings is 1. The van der Waals surface area contributed by atoms with Crippen molar-refractivity contribution in [2.24, 2.45) is 4.99 Å². The van der Waals surface area contributed by atoms with E-state index in [1.54, 1.807) is 11.8 Å². The van der Waals surface area contributed by atoms with Crippen molar-refractivity contribution in [3.63, 3.8) is 0 Å². The Morgan fingerprint density at radius 2 is 1.29 bits per heavy atom. The number of para-hydroxylation sites is 1. The first-order valence-electron chi connectivity index (χ1n) is 10.4. The van der Waals surface area contributed by atoms with E-state index in [2.05, 4.69) is 4.74 Å². The zero-order valence-corrected chi connectivity index (χ0v) is 18.9. The van der Waals surface area contributed by atoms with Crippen molar-refractivity contribution in [1.29, 1.82) is 0 Å². The maximum absolute atomic E-state index is 10.4. The Bertz CT molecular complexity index is 1110. The number of benzene rings is 2. The van der Waals surface area contributed by atoms with Crippen LogP contribution in [0, 0.1) is 0 Å². The van der Waals surface area contributed by atoms with E-state index < -0.39 is 23.8 Å². The number of ether oxygens (including phenoxy) is 1. The minimum absolute atomic E-state index is 0.131. The SMILES string of the molecule is OC(O)(O)C(O)(O)OC(O)(O)C(O)(O)N1CCN(C2=Nc3ccccc3Sc3ccccc32)CC1. The quantitative estimate of drug-likeness (QED) is 0.189. The van der Waals surface area contributed by atoms with Gasteiger partial charge in [-0.25, -0.2) is 9.89 Å². The Hall–Kier alpha value is -2.18. The highest BCUT2D eigenvalue weighted by Gasteiger charge is 2.62. The lowest BCUT2D eigenvalue weighted by molar-refractivity contribution is -0.608. The van der Waals surface area contributed by atoms with Gasteiger partial charge < -0.3 is 50.9 Å². The van der Waals surface area contributed by atoms with E-state index in [0.717, 1.165) is 25.9 Å². The molecule has 0 radical (unpaired) electrons. The van der Waals surface area contributed by atoms with Crippen molar-refractivity contribution in [2.45, 2.75) is 33.6 Å². The van der Waals surface area contributed by atoms with Crippen LogP contribution < -0.4 is 0 Å². The van der Waals surface area contributed by atoms with E-state index in [4.69, 9.17) is 20.3 Å². The number of aliphatic hydroxyl groups is 9. The molecule has 2 aliphatic heterocycles. The molecule has 0 atom stereocenters. The Kier molecular flexibility index (Phi) is 6.69. The Morgan fingerprint density at radius 1 is 0.714 bits per heavy atom. The summed E-state index contributed by atoms with van der Waals surface area (Å²) >= 11 is 1.56. The van der Waals surface area contributed by atoms with E-state index >= 15 is 0 Å². The second-order valence-corrected chi connectivity index (χ2v) is 9.15. The largest absolute Gasteiger partial charge is 0.369 e. The van der Waals surface area contributed by atoms with Gasteiger partial charge in [0, 0.05) is 41.5 Å². The van der Waals surface area contributed by atoms with Gasteiger partial charge in [0.25, 0.3) is 0 Å². The first-order chi connectivity index (χ1) is 16.2. The summed E-state index contributed by atoms with van der Waals surface area (Å²) < 4.78 is 3.84. The minimum Gasteiger partial charge on any atom is -0.353 e. The number of aliphatic imine (C=N–C) groups is 1. The van der Waals surface area contributed by atoms with Gasteiger partial charge in [-0.3, -0.25) is 4.74 Å². The van der Waals surface area contributed by atoms with Crippen molar-refractivity contribution in [2.75, 3.05) is 26.2 Å². The topological polar surface area (TPSA) is 210 Å². The van der Waals surface area contributed by atoms with Gasteiger partial charge in [-0.2, -0.15) is 0 Å². The van der Waals surface area contributed by atoms with Crippen molar-refractivity contribution < 1.29 is 50.7 Å². The van der Waals surface area contributed by atoms with Gasteiger partial charge in [0.1, 0.15) is 5.84 Å². The van der Waals surface area contributed by atoms with Gasteiger partial charge in [-0.15, -0.1) is 0 Å². The summed E-state index contributed by atoms with van der Waals surface area (Å²) in [6.07, 6.45) is 0. The van der Waals surface area contributed by atoms with Gasteiger partial charge in [0.2, 0.25) is 0 Å². The number of fused-ring (bicyclic) bond motifs is 2. The summed E-state index contributed by atoms with van der Waals surface area (Å²) in [5.74, 6) is -16.0. The van der Waals surface area contributed by atoms with Crippen molar-refractivity contribution in [3.05, 3.63) is 54.1 Å². The van der Waals surface area contributed by atoms with Crippen LogP contribution >= 0.6 is 11.8 Å². The molecule has 1 saturated heterocycles. The Morgan fingerprint density at radius 3 is 1.91 bits per heavy atom. The van der Waals surface area contributed by atoms with Crippen LogP contribution in [-0.2, 0) is 4.74 Å². The van der Waals surface area contributed by atoms with Crippen molar-refractivity contribution in [3.8, 4) is 0 Å². The molecule has 0 saturated carbocycles. The van der Waals surface area contributed by atoms with Crippen LogP contribution in [0.3, 0.4) is 0 Å². The number of rotatable bonds is 5.